The van der Waals surface area contributed by atoms with Crippen molar-refractivity contribution in [3.05, 3.63) is 70.3 Å². The molecule has 5 rings (SSSR count). The zero-order valence-electron chi connectivity index (χ0n) is 16.2. The molecule has 0 atom stereocenters. The average molecular weight is 444 g/mol. The lowest BCUT2D eigenvalue weighted by Gasteiger charge is -2.07. The van der Waals surface area contributed by atoms with E-state index in [-0.39, 0.29) is 5.71 Å². The van der Waals surface area contributed by atoms with Crippen LogP contribution in [0, 0.1) is 18.3 Å². The monoisotopic (exact) mass is 443 g/mol. The fraction of sp³-hybridized carbons (Fsp3) is 0.0455. The number of nitrogens with one attached hydrogen (secondary N) is 2. The zero-order chi connectivity index (χ0) is 21.4. The van der Waals surface area contributed by atoms with E-state index < -0.39 is 0 Å². The molecular weight excluding hydrogens is 430 g/mol. The molecule has 150 valence electrons. The lowest BCUT2D eigenvalue weighted by atomic mass is 10.0. The Morgan fingerprint density at radius 1 is 1.16 bits per heavy atom. The number of anilines is 1. The van der Waals surface area contributed by atoms with Gasteiger partial charge in [0.05, 0.1) is 15.6 Å². The smallest absolute Gasteiger partial charge is 0.196 e. The maximum atomic E-state index is 9.64. The summed E-state index contributed by atoms with van der Waals surface area (Å²) in [6, 6.07) is 19.4. The number of hydrogen-bond acceptors (Lipinski definition) is 7. The van der Waals surface area contributed by atoms with Gasteiger partial charge in [-0.3, -0.25) is 10.5 Å². The zero-order valence-corrected chi connectivity index (χ0v) is 17.8. The first-order valence-corrected chi connectivity index (χ1v) is 10.5. The molecule has 0 amide bonds. The fourth-order valence-electron chi connectivity index (χ4n) is 3.29. The van der Waals surface area contributed by atoms with Gasteiger partial charge in [0.1, 0.15) is 6.07 Å². The summed E-state index contributed by atoms with van der Waals surface area (Å²) in [4.78, 5) is 9.01. The summed E-state index contributed by atoms with van der Waals surface area (Å²) in [5.41, 5.74) is 7.28. The third-order valence-corrected chi connectivity index (χ3v) is 5.98. The standard InChI is InChI=1S/C22H14ClN7S/c1-12-10-15(13-6-8-14(23)9-7-13)19-20(25-12)28-30-21(19)29-27-17(11-24)22-26-16-4-2-3-5-18(16)31-22/h2-10H,1H3,(H2,25,28,29,30)/b27-17+. The quantitative estimate of drug-likeness (QED) is 0.280. The molecule has 3 heterocycles. The van der Waals surface area contributed by atoms with Crippen LogP contribution < -0.4 is 5.43 Å². The molecule has 3 aromatic heterocycles. The molecule has 2 aromatic carbocycles. The molecule has 0 aliphatic rings. The highest BCUT2D eigenvalue weighted by molar-refractivity contribution is 7.20. The number of halogens is 1. The van der Waals surface area contributed by atoms with Crippen LogP contribution in [0.25, 0.3) is 32.4 Å². The molecule has 2 N–H and O–H groups in total. The Morgan fingerprint density at radius 2 is 1.97 bits per heavy atom. The number of benzene rings is 2. The molecule has 0 aliphatic heterocycles. The summed E-state index contributed by atoms with van der Waals surface area (Å²) < 4.78 is 0.997. The minimum Gasteiger partial charge on any atom is -0.260 e. The second-order valence-electron chi connectivity index (χ2n) is 6.79. The van der Waals surface area contributed by atoms with Gasteiger partial charge in [-0.25, -0.2) is 9.97 Å². The molecule has 31 heavy (non-hydrogen) atoms. The van der Waals surface area contributed by atoms with Crippen LogP contribution in [-0.4, -0.2) is 25.9 Å². The highest BCUT2D eigenvalue weighted by atomic mass is 35.5. The highest BCUT2D eigenvalue weighted by Gasteiger charge is 2.15. The first-order chi connectivity index (χ1) is 15.1. The van der Waals surface area contributed by atoms with Crippen molar-refractivity contribution in [1.82, 2.24) is 20.2 Å². The number of aryl methyl sites for hydroxylation is 1. The van der Waals surface area contributed by atoms with Crippen LogP contribution in [-0.2, 0) is 0 Å². The van der Waals surface area contributed by atoms with Crippen LogP contribution in [0.2, 0.25) is 5.02 Å². The number of nitriles is 1. The van der Waals surface area contributed by atoms with Crippen LogP contribution in [0.4, 0.5) is 5.82 Å². The first kappa shape index (κ1) is 19.2. The summed E-state index contributed by atoms with van der Waals surface area (Å²) in [5.74, 6) is 0.543. The number of hydrogen-bond donors (Lipinski definition) is 2. The Hall–Kier alpha value is -3.80. The number of pyridine rings is 1. The van der Waals surface area contributed by atoms with Gasteiger partial charge in [-0.2, -0.15) is 15.5 Å². The number of para-hydroxylation sites is 1. The first-order valence-electron chi connectivity index (χ1n) is 9.34. The fourth-order valence-corrected chi connectivity index (χ4v) is 4.32. The van der Waals surface area contributed by atoms with Gasteiger partial charge in [0.2, 0.25) is 0 Å². The van der Waals surface area contributed by atoms with Gasteiger partial charge in [0.25, 0.3) is 0 Å². The largest absolute Gasteiger partial charge is 0.260 e. The van der Waals surface area contributed by atoms with Crippen LogP contribution in [0.15, 0.2) is 59.7 Å². The van der Waals surface area contributed by atoms with Crippen molar-refractivity contribution in [3.63, 3.8) is 0 Å². The maximum Gasteiger partial charge on any atom is 0.196 e. The van der Waals surface area contributed by atoms with Gasteiger partial charge in [0.15, 0.2) is 22.2 Å². The van der Waals surface area contributed by atoms with Crippen LogP contribution in [0.3, 0.4) is 0 Å². The second-order valence-corrected chi connectivity index (χ2v) is 8.25. The van der Waals surface area contributed by atoms with E-state index in [1.54, 1.807) is 0 Å². The summed E-state index contributed by atoms with van der Waals surface area (Å²) in [6.07, 6.45) is 0. The van der Waals surface area contributed by atoms with E-state index in [1.807, 2.05) is 61.5 Å². The number of aromatic amines is 1. The molecule has 7 nitrogen and oxygen atoms in total. The third-order valence-electron chi connectivity index (χ3n) is 4.69. The number of H-pyrrole nitrogens is 1. The molecule has 0 bridgehead atoms. The van der Waals surface area contributed by atoms with E-state index >= 15 is 0 Å². The average Bonchev–Trinajstić information content (AvgIpc) is 3.38. The number of nitrogens with zero attached hydrogens (tertiary/aromatic N) is 5. The van der Waals surface area contributed by atoms with Gasteiger partial charge < -0.3 is 0 Å². The molecule has 9 heteroatoms. The molecule has 0 saturated carbocycles. The lowest BCUT2D eigenvalue weighted by molar-refractivity contribution is 1.08. The van der Waals surface area contributed by atoms with E-state index in [9.17, 15) is 5.26 Å². The van der Waals surface area contributed by atoms with Gasteiger partial charge >= 0.3 is 0 Å². The molecular formula is C22H14ClN7S. The van der Waals surface area contributed by atoms with Gasteiger partial charge in [-0.05, 0) is 48.4 Å². The van der Waals surface area contributed by atoms with E-state index in [4.69, 9.17) is 11.6 Å². The maximum absolute atomic E-state index is 9.64. The molecule has 0 spiro atoms. The summed E-state index contributed by atoms with van der Waals surface area (Å²) in [5, 5.41) is 23.2. The van der Waals surface area contributed by atoms with Crippen molar-refractivity contribution in [1.29, 1.82) is 5.26 Å². The Morgan fingerprint density at radius 3 is 2.74 bits per heavy atom. The van der Waals surface area contributed by atoms with Gasteiger partial charge in [-0.1, -0.05) is 35.9 Å². The third kappa shape index (κ3) is 3.61. The highest BCUT2D eigenvalue weighted by Crippen LogP contribution is 2.33. The molecule has 0 aliphatic carbocycles. The Labute approximate surface area is 186 Å². The van der Waals surface area contributed by atoms with E-state index in [0.717, 1.165) is 32.4 Å². The number of rotatable bonds is 4. The minimum absolute atomic E-state index is 0.192. The van der Waals surface area contributed by atoms with Crippen molar-refractivity contribution >= 4 is 55.7 Å². The van der Waals surface area contributed by atoms with Crippen molar-refractivity contribution < 1.29 is 0 Å². The van der Waals surface area contributed by atoms with Gasteiger partial charge in [-0.15, -0.1) is 11.3 Å². The molecule has 5 aromatic rings. The molecule has 0 radical (unpaired) electrons. The van der Waals surface area contributed by atoms with Crippen molar-refractivity contribution in [2.75, 3.05) is 5.43 Å². The van der Waals surface area contributed by atoms with Crippen LogP contribution in [0.1, 0.15) is 10.7 Å². The van der Waals surface area contributed by atoms with Crippen molar-refractivity contribution in [2.45, 2.75) is 6.92 Å². The summed E-state index contributed by atoms with van der Waals surface area (Å²) in [6.45, 7) is 1.92. The molecule has 0 unspecified atom stereocenters. The SMILES string of the molecule is Cc1cc(-c2ccc(Cl)cc2)c2c(N/N=C(\C#N)c3nc4ccccc4s3)[nH]nc2n1. The summed E-state index contributed by atoms with van der Waals surface area (Å²) >= 11 is 7.47. The Kier molecular flexibility index (Phi) is 4.82. The van der Waals surface area contributed by atoms with E-state index in [2.05, 4.69) is 36.8 Å². The number of hydrazone groups is 1. The normalized spacial score (nSPS) is 11.7. The minimum atomic E-state index is 0.192. The predicted octanol–water partition coefficient (Wildman–Crippen LogP) is 5.54. The van der Waals surface area contributed by atoms with Gasteiger partial charge in [0, 0.05) is 10.7 Å². The Balaban J connectivity index is 1.57. The predicted molar refractivity (Wildman–Crippen MR) is 124 cm³/mol. The van der Waals surface area contributed by atoms with Crippen molar-refractivity contribution in [2.24, 2.45) is 5.10 Å². The van der Waals surface area contributed by atoms with Crippen LogP contribution >= 0.6 is 22.9 Å². The number of fused-ring (bicyclic) bond motifs is 2. The van der Waals surface area contributed by atoms with E-state index in [1.165, 1.54) is 11.3 Å². The number of aromatic nitrogens is 4. The molecule has 0 saturated heterocycles. The summed E-state index contributed by atoms with van der Waals surface area (Å²) in [7, 11) is 0. The van der Waals surface area contributed by atoms with Crippen molar-refractivity contribution in [3.8, 4) is 17.2 Å². The topological polar surface area (TPSA) is 103 Å². The second kappa shape index (κ2) is 7.80. The number of thiazole rings is 1. The van der Waals surface area contributed by atoms with Crippen LogP contribution in [0.5, 0.6) is 0 Å². The molecule has 0 fully saturated rings. The lowest BCUT2D eigenvalue weighted by Crippen LogP contribution is -2.02. The van der Waals surface area contributed by atoms with E-state index in [0.29, 0.717) is 21.5 Å². The Bertz CT molecular complexity index is 1460.